The molecule has 0 atom stereocenters. The fourth-order valence-corrected chi connectivity index (χ4v) is 3.74. The molecule has 2 aromatic carbocycles. The summed E-state index contributed by atoms with van der Waals surface area (Å²) in [5, 5.41) is 8.17. The van der Waals surface area contributed by atoms with Crippen molar-refractivity contribution in [1.82, 2.24) is 20.1 Å². The van der Waals surface area contributed by atoms with Gasteiger partial charge in [0.25, 0.3) is 5.91 Å². The number of rotatable bonds is 5. The summed E-state index contributed by atoms with van der Waals surface area (Å²) in [4.78, 5) is 17.8. The molecule has 2 heterocycles. The highest BCUT2D eigenvalue weighted by atomic mass is 32.1. The molecule has 0 saturated carbocycles. The first kappa shape index (κ1) is 17.2. The third kappa shape index (κ3) is 3.80. The second-order valence-corrected chi connectivity index (χ2v) is 7.11. The lowest BCUT2D eigenvalue weighted by atomic mass is 10.2. The molecule has 0 spiro atoms. The highest BCUT2D eigenvalue weighted by Crippen LogP contribution is 2.27. The zero-order valence-electron chi connectivity index (χ0n) is 14.8. The predicted molar refractivity (Wildman–Crippen MR) is 107 cm³/mol. The zero-order valence-corrected chi connectivity index (χ0v) is 15.6. The van der Waals surface area contributed by atoms with Crippen LogP contribution < -0.4 is 5.32 Å². The lowest BCUT2D eigenvalue weighted by Gasteiger charge is -2.02. The minimum absolute atomic E-state index is 0.111. The maximum atomic E-state index is 12.6. The molecule has 4 rings (SSSR count). The van der Waals surface area contributed by atoms with E-state index in [-0.39, 0.29) is 5.91 Å². The number of hydrogen-bond donors (Lipinski definition) is 1. The SMILES string of the molecule is Cc1nc(-c2ccccc2)sc1C(=O)NCc1cnn(-c2ccccc2)c1. The number of hydrogen-bond acceptors (Lipinski definition) is 4. The summed E-state index contributed by atoms with van der Waals surface area (Å²) < 4.78 is 1.80. The van der Waals surface area contributed by atoms with Gasteiger partial charge in [0, 0.05) is 23.9 Å². The summed E-state index contributed by atoms with van der Waals surface area (Å²) in [5.74, 6) is -0.111. The number of carbonyl (C=O) groups excluding carboxylic acids is 1. The van der Waals surface area contributed by atoms with Crippen LogP contribution in [0, 0.1) is 6.92 Å². The number of nitrogens with one attached hydrogen (secondary N) is 1. The van der Waals surface area contributed by atoms with Gasteiger partial charge in [-0.05, 0) is 19.1 Å². The summed E-state index contributed by atoms with van der Waals surface area (Å²) >= 11 is 1.41. The highest BCUT2D eigenvalue weighted by Gasteiger charge is 2.16. The maximum Gasteiger partial charge on any atom is 0.263 e. The molecular formula is C21H18N4OS. The van der Waals surface area contributed by atoms with Gasteiger partial charge >= 0.3 is 0 Å². The Morgan fingerprint density at radius 1 is 1.07 bits per heavy atom. The molecule has 0 aliphatic heterocycles. The molecule has 0 unspecified atom stereocenters. The van der Waals surface area contributed by atoms with Crippen molar-refractivity contribution in [1.29, 1.82) is 0 Å². The number of benzene rings is 2. The van der Waals surface area contributed by atoms with Crippen molar-refractivity contribution in [3.63, 3.8) is 0 Å². The molecule has 0 aliphatic carbocycles. The Bertz CT molecular complexity index is 1050. The van der Waals surface area contributed by atoms with E-state index in [0.29, 0.717) is 11.4 Å². The number of aryl methyl sites for hydroxylation is 1. The Kier molecular flexibility index (Phi) is 4.80. The number of nitrogens with zero attached hydrogens (tertiary/aromatic N) is 3. The number of para-hydroxylation sites is 1. The molecule has 134 valence electrons. The van der Waals surface area contributed by atoms with E-state index in [4.69, 9.17) is 0 Å². The van der Waals surface area contributed by atoms with Gasteiger partial charge < -0.3 is 5.32 Å². The summed E-state index contributed by atoms with van der Waals surface area (Å²) in [7, 11) is 0. The second kappa shape index (κ2) is 7.55. The predicted octanol–water partition coefficient (Wildman–Crippen LogP) is 4.23. The molecule has 4 aromatic rings. The largest absolute Gasteiger partial charge is 0.347 e. The Morgan fingerprint density at radius 2 is 1.78 bits per heavy atom. The average molecular weight is 374 g/mol. The standard InChI is InChI=1S/C21H18N4OS/c1-15-19(27-21(24-15)17-8-4-2-5-9-17)20(26)22-12-16-13-23-25(14-16)18-10-6-3-7-11-18/h2-11,13-14H,12H2,1H3,(H,22,26). The van der Waals surface area contributed by atoms with Gasteiger partial charge in [-0.1, -0.05) is 48.5 Å². The van der Waals surface area contributed by atoms with Gasteiger partial charge in [-0.15, -0.1) is 11.3 Å². The van der Waals surface area contributed by atoms with E-state index < -0.39 is 0 Å². The number of aromatic nitrogens is 3. The molecule has 0 fully saturated rings. The fourth-order valence-electron chi connectivity index (χ4n) is 2.75. The molecular weight excluding hydrogens is 356 g/mol. The number of thiazole rings is 1. The molecule has 6 heteroatoms. The summed E-state index contributed by atoms with van der Waals surface area (Å²) in [6, 6.07) is 19.8. The molecule has 0 aliphatic rings. The first-order chi connectivity index (χ1) is 13.2. The van der Waals surface area contributed by atoms with Gasteiger partial charge in [0.2, 0.25) is 0 Å². The maximum absolute atomic E-state index is 12.6. The Balaban J connectivity index is 1.45. The van der Waals surface area contributed by atoms with Crippen LogP contribution in [0.3, 0.4) is 0 Å². The van der Waals surface area contributed by atoms with E-state index in [1.165, 1.54) is 11.3 Å². The van der Waals surface area contributed by atoms with Crippen LogP contribution in [0.15, 0.2) is 73.1 Å². The van der Waals surface area contributed by atoms with E-state index in [9.17, 15) is 4.79 Å². The van der Waals surface area contributed by atoms with Crippen molar-refractivity contribution in [3.8, 4) is 16.3 Å². The van der Waals surface area contributed by atoms with Gasteiger partial charge in [0.15, 0.2) is 0 Å². The third-order valence-electron chi connectivity index (χ3n) is 4.13. The van der Waals surface area contributed by atoms with Crippen molar-refractivity contribution in [2.45, 2.75) is 13.5 Å². The summed E-state index contributed by atoms with van der Waals surface area (Å²) in [6.45, 7) is 2.29. The van der Waals surface area contributed by atoms with Crippen LogP contribution in [0.4, 0.5) is 0 Å². The van der Waals surface area contributed by atoms with E-state index >= 15 is 0 Å². The lowest BCUT2D eigenvalue weighted by molar-refractivity contribution is 0.0954. The van der Waals surface area contributed by atoms with Crippen LogP contribution in [-0.4, -0.2) is 20.7 Å². The van der Waals surface area contributed by atoms with Crippen LogP contribution in [0.5, 0.6) is 0 Å². The van der Waals surface area contributed by atoms with E-state index in [0.717, 1.165) is 27.5 Å². The summed E-state index contributed by atoms with van der Waals surface area (Å²) in [5.41, 5.74) is 3.70. The van der Waals surface area contributed by atoms with Crippen molar-refractivity contribution in [2.24, 2.45) is 0 Å². The van der Waals surface area contributed by atoms with Gasteiger partial charge in [0.05, 0.1) is 17.6 Å². The van der Waals surface area contributed by atoms with E-state index in [1.54, 1.807) is 10.9 Å². The molecule has 0 radical (unpaired) electrons. The van der Waals surface area contributed by atoms with E-state index in [1.807, 2.05) is 73.8 Å². The lowest BCUT2D eigenvalue weighted by Crippen LogP contribution is -2.22. The Hall–Kier alpha value is -3.25. The minimum Gasteiger partial charge on any atom is -0.347 e. The van der Waals surface area contributed by atoms with Gasteiger partial charge in [-0.2, -0.15) is 5.10 Å². The number of amides is 1. The molecule has 27 heavy (non-hydrogen) atoms. The van der Waals surface area contributed by atoms with Crippen LogP contribution in [0.2, 0.25) is 0 Å². The van der Waals surface area contributed by atoms with Gasteiger partial charge in [-0.3, -0.25) is 4.79 Å². The molecule has 5 nitrogen and oxygen atoms in total. The van der Waals surface area contributed by atoms with Gasteiger partial charge in [0.1, 0.15) is 9.88 Å². The second-order valence-electron chi connectivity index (χ2n) is 6.11. The Labute approximate surface area is 161 Å². The van der Waals surface area contributed by atoms with E-state index in [2.05, 4.69) is 15.4 Å². The topological polar surface area (TPSA) is 59.8 Å². The first-order valence-electron chi connectivity index (χ1n) is 8.61. The monoisotopic (exact) mass is 374 g/mol. The normalized spacial score (nSPS) is 10.7. The molecule has 0 saturated heterocycles. The van der Waals surface area contributed by atoms with Crippen molar-refractivity contribution in [2.75, 3.05) is 0 Å². The number of carbonyl (C=O) groups is 1. The molecule has 1 N–H and O–H groups in total. The van der Waals surface area contributed by atoms with Crippen molar-refractivity contribution >= 4 is 17.2 Å². The zero-order chi connectivity index (χ0) is 18.6. The van der Waals surface area contributed by atoms with Gasteiger partial charge in [-0.25, -0.2) is 9.67 Å². The molecule has 2 aromatic heterocycles. The molecule has 1 amide bonds. The van der Waals surface area contributed by atoms with Crippen molar-refractivity contribution < 1.29 is 4.79 Å². The van der Waals surface area contributed by atoms with Crippen LogP contribution in [0.25, 0.3) is 16.3 Å². The summed E-state index contributed by atoms with van der Waals surface area (Å²) in [6.07, 6.45) is 3.69. The van der Waals surface area contributed by atoms with Crippen LogP contribution in [0.1, 0.15) is 20.9 Å². The minimum atomic E-state index is -0.111. The first-order valence-corrected chi connectivity index (χ1v) is 9.42. The van der Waals surface area contributed by atoms with Crippen LogP contribution >= 0.6 is 11.3 Å². The highest BCUT2D eigenvalue weighted by molar-refractivity contribution is 7.17. The Morgan fingerprint density at radius 3 is 2.52 bits per heavy atom. The fraction of sp³-hybridized carbons (Fsp3) is 0.0952. The van der Waals surface area contributed by atoms with Crippen LogP contribution in [-0.2, 0) is 6.54 Å². The smallest absolute Gasteiger partial charge is 0.263 e. The quantitative estimate of drug-likeness (QED) is 0.569. The average Bonchev–Trinajstić information content (AvgIpc) is 3.34. The van der Waals surface area contributed by atoms with Crippen molar-refractivity contribution in [3.05, 3.63) is 89.2 Å². The molecule has 0 bridgehead atoms. The third-order valence-corrected chi connectivity index (χ3v) is 5.34.